The molecule has 9 nitrogen and oxygen atoms in total. The molecule has 2 unspecified atom stereocenters. The number of ether oxygens (including phenoxy) is 2. The second kappa shape index (κ2) is 7.36. The van der Waals surface area contributed by atoms with Crippen molar-refractivity contribution in [1.29, 1.82) is 0 Å². The van der Waals surface area contributed by atoms with Gasteiger partial charge in [-0.2, -0.15) is 5.10 Å². The topological polar surface area (TPSA) is 121 Å². The molecule has 0 saturated heterocycles. The van der Waals surface area contributed by atoms with Crippen LogP contribution >= 0.6 is 0 Å². The summed E-state index contributed by atoms with van der Waals surface area (Å²) in [6.45, 7) is 0.743. The number of urea groups is 1. The van der Waals surface area contributed by atoms with Crippen molar-refractivity contribution in [3.05, 3.63) is 34.5 Å². The van der Waals surface area contributed by atoms with E-state index in [1.165, 1.54) is 33.1 Å². The van der Waals surface area contributed by atoms with Gasteiger partial charge in [0.25, 0.3) is 0 Å². The quantitative estimate of drug-likeness (QED) is 0.772. The van der Waals surface area contributed by atoms with E-state index in [0.29, 0.717) is 6.54 Å². The van der Waals surface area contributed by atoms with Crippen LogP contribution in [-0.4, -0.2) is 39.8 Å². The number of hydrogen-bond donors (Lipinski definition) is 2. The fourth-order valence-electron chi connectivity index (χ4n) is 4.72. The number of carbonyl (C=O) groups is 1. The van der Waals surface area contributed by atoms with E-state index in [1.807, 2.05) is 6.07 Å². The second-order valence-corrected chi connectivity index (χ2v) is 9.74. The number of anilines is 1. The van der Waals surface area contributed by atoms with Crippen LogP contribution in [0.25, 0.3) is 0 Å². The number of hydrogen-bond acceptors (Lipinski definition) is 5. The van der Waals surface area contributed by atoms with Gasteiger partial charge in [0, 0.05) is 12.8 Å². The van der Waals surface area contributed by atoms with Crippen molar-refractivity contribution >= 4 is 21.6 Å². The van der Waals surface area contributed by atoms with Crippen molar-refractivity contribution in [2.45, 2.75) is 56.1 Å². The van der Waals surface area contributed by atoms with Gasteiger partial charge in [-0.3, -0.25) is 0 Å². The molecule has 3 aliphatic rings. The maximum atomic E-state index is 13.1. The summed E-state index contributed by atoms with van der Waals surface area (Å²) in [7, 11) is -1.93. The SMILES string of the molecule is COC1COc2c(S(N)(=O)=NC(=O)Nc3cc4c(c5c3CCC5)CCC4)cnn2C1. The number of rotatable bonds is 3. The van der Waals surface area contributed by atoms with E-state index in [4.69, 9.17) is 14.6 Å². The molecule has 0 bridgehead atoms. The van der Waals surface area contributed by atoms with Gasteiger partial charge in [-0.1, -0.05) is 0 Å². The summed E-state index contributed by atoms with van der Waals surface area (Å²) < 4.78 is 29.3. The van der Waals surface area contributed by atoms with Crippen molar-refractivity contribution in [1.82, 2.24) is 9.78 Å². The van der Waals surface area contributed by atoms with E-state index in [2.05, 4.69) is 14.8 Å². The summed E-state index contributed by atoms with van der Waals surface area (Å²) in [6, 6.07) is 1.33. The Hall–Kier alpha value is -2.43. The Labute approximate surface area is 175 Å². The molecule has 0 spiro atoms. The molecular formula is C20H25N5O4S. The molecule has 1 aromatic carbocycles. The first-order valence-electron chi connectivity index (χ1n) is 10.2. The van der Waals surface area contributed by atoms with Crippen LogP contribution in [0, 0.1) is 0 Å². The highest BCUT2D eigenvalue weighted by Gasteiger charge is 2.28. The summed E-state index contributed by atoms with van der Waals surface area (Å²) in [4.78, 5) is 12.8. The van der Waals surface area contributed by atoms with Crippen molar-refractivity contribution in [3.63, 3.8) is 0 Å². The number of fused-ring (bicyclic) bond motifs is 4. The van der Waals surface area contributed by atoms with Gasteiger partial charge in [0.15, 0.2) is 9.92 Å². The van der Waals surface area contributed by atoms with Crippen molar-refractivity contribution in [3.8, 4) is 5.88 Å². The van der Waals surface area contributed by atoms with Gasteiger partial charge in [0.1, 0.15) is 17.6 Å². The van der Waals surface area contributed by atoms with Gasteiger partial charge in [0.05, 0.1) is 12.7 Å². The van der Waals surface area contributed by atoms with Gasteiger partial charge in [-0.05, 0) is 66.8 Å². The molecule has 1 aliphatic heterocycles. The molecule has 0 radical (unpaired) electrons. The maximum Gasteiger partial charge on any atom is 0.354 e. The van der Waals surface area contributed by atoms with E-state index in [-0.39, 0.29) is 23.5 Å². The molecule has 30 heavy (non-hydrogen) atoms. The summed E-state index contributed by atoms with van der Waals surface area (Å²) in [6.07, 6.45) is 7.55. The molecule has 3 N–H and O–H groups in total. The zero-order valence-corrected chi connectivity index (χ0v) is 17.7. The first kappa shape index (κ1) is 19.5. The van der Waals surface area contributed by atoms with E-state index in [9.17, 15) is 9.00 Å². The standard InChI is InChI=1S/C20H25N5O4S/c1-28-13-10-25-19(29-11-13)18(9-22-25)30(21,27)24-20(26)23-17-8-12-4-2-5-14(12)15-6-3-7-16(15)17/h8-9,13H,2-7,10-11H2,1H3,(H3,21,23,24,26,27). The summed E-state index contributed by atoms with van der Waals surface area (Å²) >= 11 is 0. The lowest BCUT2D eigenvalue weighted by atomic mass is 9.98. The van der Waals surface area contributed by atoms with Gasteiger partial charge < -0.3 is 14.8 Å². The molecule has 10 heteroatoms. The number of nitrogens with zero attached hydrogens (tertiary/aromatic N) is 3. The van der Waals surface area contributed by atoms with Gasteiger partial charge in [-0.15, -0.1) is 4.36 Å². The molecular weight excluding hydrogens is 406 g/mol. The fourth-order valence-corrected chi connectivity index (χ4v) is 5.72. The number of nitrogens with two attached hydrogens (primary N) is 1. The fraction of sp³-hybridized carbons (Fsp3) is 0.500. The first-order valence-corrected chi connectivity index (χ1v) is 11.8. The number of aromatic nitrogens is 2. The number of nitrogens with one attached hydrogen (secondary N) is 1. The Morgan fingerprint density at radius 1 is 1.30 bits per heavy atom. The maximum absolute atomic E-state index is 13.1. The Morgan fingerprint density at radius 2 is 2.07 bits per heavy atom. The Balaban J connectivity index is 1.43. The summed E-state index contributed by atoms with van der Waals surface area (Å²) in [5, 5.41) is 13.0. The molecule has 0 saturated carbocycles. The molecule has 2 heterocycles. The predicted molar refractivity (Wildman–Crippen MR) is 111 cm³/mol. The number of methoxy groups -OCH3 is 1. The normalized spacial score (nSPS) is 21.2. The lowest BCUT2D eigenvalue weighted by Gasteiger charge is -2.23. The van der Waals surface area contributed by atoms with E-state index < -0.39 is 15.9 Å². The van der Waals surface area contributed by atoms with E-state index in [1.54, 1.807) is 7.11 Å². The van der Waals surface area contributed by atoms with Crippen LogP contribution in [-0.2, 0) is 46.9 Å². The number of benzene rings is 1. The zero-order chi connectivity index (χ0) is 20.9. The summed E-state index contributed by atoms with van der Waals surface area (Å²) in [5.74, 6) is 0.269. The average molecular weight is 432 g/mol. The van der Waals surface area contributed by atoms with E-state index in [0.717, 1.165) is 44.2 Å². The average Bonchev–Trinajstić information content (AvgIpc) is 3.44. The molecule has 2 atom stereocenters. The molecule has 2 aromatic rings. The largest absolute Gasteiger partial charge is 0.474 e. The summed E-state index contributed by atoms with van der Waals surface area (Å²) in [5.41, 5.74) is 6.08. The highest BCUT2D eigenvalue weighted by atomic mass is 32.2. The van der Waals surface area contributed by atoms with Crippen LogP contribution in [0.5, 0.6) is 5.88 Å². The first-order chi connectivity index (χ1) is 14.5. The molecule has 2 aliphatic carbocycles. The Morgan fingerprint density at radius 3 is 2.90 bits per heavy atom. The second-order valence-electron chi connectivity index (χ2n) is 7.98. The van der Waals surface area contributed by atoms with Crippen LogP contribution in [0.1, 0.15) is 35.1 Å². The van der Waals surface area contributed by atoms with Crippen molar-refractivity contribution in [2.24, 2.45) is 9.50 Å². The van der Waals surface area contributed by atoms with Gasteiger partial charge in [-0.25, -0.2) is 18.8 Å². The van der Waals surface area contributed by atoms with Crippen molar-refractivity contribution < 1.29 is 18.5 Å². The molecule has 1 aromatic heterocycles. The smallest absolute Gasteiger partial charge is 0.354 e. The number of carbonyl (C=O) groups excluding carboxylic acids is 1. The molecule has 160 valence electrons. The lowest BCUT2D eigenvalue weighted by molar-refractivity contribution is 0.0165. The molecule has 2 amide bonds. The zero-order valence-electron chi connectivity index (χ0n) is 16.8. The minimum atomic E-state index is -3.51. The Kier molecular flexibility index (Phi) is 4.79. The van der Waals surface area contributed by atoms with Gasteiger partial charge in [0.2, 0.25) is 5.88 Å². The minimum absolute atomic E-state index is 0.117. The van der Waals surface area contributed by atoms with Crippen LogP contribution in [0.4, 0.5) is 10.5 Å². The molecule has 5 rings (SSSR count). The predicted octanol–water partition coefficient (Wildman–Crippen LogP) is 2.20. The third-order valence-corrected chi connectivity index (χ3v) is 7.48. The highest BCUT2D eigenvalue weighted by molar-refractivity contribution is 7.91. The Bertz CT molecular complexity index is 1150. The highest BCUT2D eigenvalue weighted by Crippen LogP contribution is 2.38. The lowest BCUT2D eigenvalue weighted by Crippen LogP contribution is -2.32. The minimum Gasteiger partial charge on any atom is -0.474 e. The van der Waals surface area contributed by atoms with Crippen LogP contribution in [0.15, 0.2) is 21.5 Å². The van der Waals surface area contributed by atoms with E-state index >= 15 is 0 Å². The van der Waals surface area contributed by atoms with Crippen LogP contribution in [0.3, 0.4) is 0 Å². The number of aryl methyl sites for hydroxylation is 1. The third-order valence-electron chi connectivity index (χ3n) is 6.14. The van der Waals surface area contributed by atoms with Crippen LogP contribution < -0.4 is 15.2 Å². The molecule has 0 fully saturated rings. The number of amides is 2. The van der Waals surface area contributed by atoms with Crippen LogP contribution in [0.2, 0.25) is 0 Å². The monoisotopic (exact) mass is 431 g/mol. The third kappa shape index (κ3) is 3.28. The van der Waals surface area contributed by atoms with Crippen molar-refractivity contribution in [2.75, 3.05) is 19.0 Å². The van der Waals surface area contributed by atoms with Gasteiger partial charge >= 0.3 is 6.03 Å².